The van der Waals surface area contributed by atoms with Crippen molar-refractivity contribution in [2.24, 2.45) is 0 Å². The van der Waals surface area contributed by atoms with Crippen LogP contribution in [0.25, 0.3) is 0 Å². The molecule has 1 unspecified atom stereocenters. The molecule has 4 heteroatoms. The summed E-state index contributed by atoms with van der Waals surface area (Å²) in [5.41, 5.74) is 0.675. The van der Waals surface area contributed by atoms with Crippen LogP contribution >= 0.6 is 0 Å². The van der Waals surface area contributed by atoms with Crippen LogP contribution in [-0.2, 0) is 0 Å². The Morgan fingerprint density at radius 1 is 1.38 bits per heavy atom. The number of aliphatic hydroxyl groups is 1. The van der Waals surface area contributed by atoms with Gasteiger partial charge in [-0.15, -0.1) is 0 Å². The third-order valence-electron chi connectivity index (χ3n) is 4.28. The lowest BCUT2D eigenvalue weighted by Crippen LogP contribution is -3.17. The summed E-state index contributed by atoms with van der Waals surface area (Å²) in [7, 11) is 0. The van der Waals surface area contributed by atoms with Crippen LogP contribution in [0.1, 0.15) is 43.5 Å². The Bertz CT molecular complexity index is 458. The van der Waals surface area contributed by atoms with Crippen molar-refractivity contribution >= 4 is 5.78 Å². The number of carbonyl (C=O) groups excluding carboxylic acids is 1. The van der Waals surface area contributed by atoms with Gasteiger partial charge in [-0.2, -0.15) is 0 Å². The molecule has 2 rings (SSSR count). The Morgan fingerprint density at radius 2 is 2.10 bits per heavy atom. The van der Waals surface area contributed by atoms with E-state index in [-0.39, 0.29) is 5.78 Å². The van der Waals surface area contributed by atoms with Crippen LogP contribution < -0.4 is 9.64 Å². The number of piperidine rings is 1. The van der Waals surface area contributed by atoms with Crippen molar-refractivity contribution in [3.05, 3.63) is 29.8 Å². The molecule has 2 N–H and O–H groups in total. The second-order valence-electron chi connectivity index (χ2n) is 6.05. The molecule has 1 aliphatic rings. The van der Waals surface area contributed by atoms with E-state index >= 15 is 0 Å². The highest BCUT2D eigenvalue weighted by Gasteiger charge is 2.24. The van der Waals surface area contributed by atoms with E-state index in [0.29, 0.717) is 24.0 Å². The van der Waals surface area contributed by atoms with Crippen LogP contribution in [0.15, 0.2) is 24.3 Å². The van der Waals surface area contributed by atoms with Crippen molar-refractivity contribution < 1.29 is 19.5 Å². The maximum atomic E-state index is 11.2. The summed E-state index contributed by atoms with van der Waals surface area (Å²) in [6.45, 7) is 5.98. The van der Waals surface area contributed by atoms with Gasteiger partial charge in [0.25, 0.3) is 0 Å². The van der Waals surface area contributed by atoms with Gasteiger partial charge in [-0.3, -0.25) is 4.79 Å². The minimum absolute atomic E-state index is 0.0456. The highest BCUT2D eigenvalue weighted by Crippen LogP contribution is 2.12. The molecule has 21 heavy (non-hydrogen) atoms. The summed E-state index contributed by atoms with van der Waals surface area (Å²) in [5, 5.41) is 10.1. The summed E-state index contributed by atoms with van der Waals surface area (Å²) >= 11 is 0. The number of quaternary nitrogens is 1. The number of aliphatic hydroxyl groups excluding tert-OH is 1. The quantitative estimate of drug-likeness (QED) is 0.772. The molecule has 1 heterocycles. The first-order valence-corrected chi connectivity index (χ1v) is 7.82. The molecule has 0 amide bonds. The van der Waals surface area contributed by atoms with E-state index in [4.69, 9.17) is 4.74 Å². The van der Waals surface area contributed by atoms with E-state index in [1.807, 2.05) is 0 Å². The molecular formula is C17H26NO3+. The van der Waals surface area contributed by atoms with E-state index in [1.54, 1.807) is 31.2 Å². The number of ketones is 1. The summed E-state index contributed by atoms with van der Waals surface area (Å²) in [4.78, 5) is 12.7. The lowest BCUT2D eigenvalue weighted by molar-refractivity contribution is -0.931. The number of rotatable bonds is 6. The molecule has 0 aromatic heterocycles. The maximum absolute atomic E-state index is 11.2. The lowest BCUT2D eigenvalue weighted by Gasteiger charge is -2.31. The summed E-state index contributed by atoms with van der Waals surface area (Å²) < 4.78 is 5.60. The maximum Gasteiger partial charge on any atom is 0.159 e. The van der Waals surface area contributed by atoms with Crippen molar-refractivity contribution in [1.82, 2.24) is 0 Å². The highest BCUT2D eigenvalue weighted by molar-refractivity contribution is 5.94. The highest BCUT2D eigenvalue weighted by atomic mass is 16.5. The van der Waals surface area contributed by atoms with Gasteiger partial charge in [0.1, 0.15) is 25.0 Å². The first kappa shape index (κ1) is 16.0. The van der Waals surface area contributed by atoms with Gasteiger partial charge in [-0.25, -0.2) is 0 Å². The molecule has 1 aromatic rings. The van der Waals surface area contributed by atoms with Crippen LogP contribution in [0.2, 0.25) is 0 Å². The number of benzene rings is 1. The lowest BCUT2D eigenvalue weighted by atomic mass is 10.0. The Kier molecular flexibility index (Phi) is 5.76. The molecule has 0 saturated carbocycles. The zero-order valence-electron chi connectivity index (χ0n) is 13.0. The predicted octanol–water partition coefficient (Wildman–Crippen LogP) is 1.09. The second kappa shape index (κ2) is 7.57. The monoisotopic (exact) mass is 292 g/mol. The molecule has 1 aliphatic heterocycles. The second-order valence-corrected chi connectivity index (χ2v) is 6.05. The Labute approximate surface area is 126 Å². The average Bonchev–Trinajstić information content (AvgIpc) is 2.48. The predicted molar refractivity (Wildman–Crippen MR) is 82.0 cm³/mol. The first-order valence-electron chi connectivity index (χ1n) is 7.82. The van der Waals surface area contributed by atoms with Gasteiger partial charge < -0.3 is 14.7 Å². The largest absolute Gasteiger partial charge is 0.491 e. The molecule has 3 atom stereocenters. The van der Waals surface area contributed by atoms with Crippen molar-refractivity contribution in [3.63, 3.8) is 0 Å². The Hall–Kier alpha value is -1.39. The van der Waals surface area contributed by atoms with E-state index in [2.05, 4.69) is 6.92 Å². The van der Waals surface area contributed by atoms with E-state index in [9.17, 15) is 9.90 Å². The number of nitrogens with one attached hydrogen (secondary N) is 1. The minimum atomic E-state index is -0.451. The van der Waals surface area contributed by atoms with Gasteiger partial charge in [0, 0.05) is 5.56 Å². The average molecular weight is 292 g/mol. The number of hydrogen-bond acceptors (Lipinski definition) is 3. The molecule has 1 saturated heterocycles. The van der Waals surface area contributed by atoms with Crippen molar-refractivity contribution in [2.45, 2.75) is 45.3 Å². The first-order chi connectivity index (χ1) is 10.1. The van der Waals surface area contributed by atoms with Crippen molar-refractivity contribution in [2.75, 3.05) is 19.7 Å². The summed E-state index contributed by atoms with van der Waals surface area (Å²) in [6, 6.07) is 7.69. The fourth-order valence-corrected chi connectivity index (χ4v) is 2.90. The van der Waals surface area contributed by atoms with Crippen LogP contribution in [0, 0.1) is 0 Å². The third-order valence-corrected chi connectivity index (χ3v) is 4.28. The topological polar surface area (TPSA) is 51.0 Å². The van der Waals surface area contributed by atoms with Gasteiger partial charge in [-0.1, -0.05) is 0 Å². The van der Waals surface area contributed by atoms with E-state index in [1.165, 1.54) is 24.2 Å². The van der Waals surface area contributed by atoms with Gasteiger partial charge in [0.2, 0.25) is 0 Å². The van der Waals surface area contributed by atoms with Gasteiger partial charge >= 0.3 is 0 Å². The van der Waals surface area contributed by atoms with Crippen LogP contribution in [0.3, 0.4) is 0 Å². The van der Waals surface area contributed by atoms with Crippen molar-refractivity contribution in [3.8, 4) is 5.75 Å². The molecule has 0 spiro atoms. The Balaban J connectivity index is 1.77. The molecule has 116 valence electrons. The minimum Gasteiger partial charge on any atom is -0.491 e. The number of Topliss-reactive ketones (excluding diaryl/α,β-unsaturated/α-hetero) is 1. The normalized spacial score (nSPS) is 23.6. The van der Waals surface area contributed by atoms with Gasteiger partial charge in [0.15, 0.2) is 5.78 Å². The van der Waals surface area contributed by atoms with E-state index in [0.717, 1.165) is 13.1 Å². The van der Waals surface area contributed by atoms with Crippen LogP contribution in [0.4, 0.5) is 0 Å². The Morgan fingerprint density at radius 3 is 2.71 bits per heavy atom. The number of ether oxygens (including phenoxy) is 1. The van der Waals surface area contributed by atoms with Crippen molar-refractivity contribution in [1.29, 1.82) is 0 Å². The molecular weight excluding hydrogens is 266 g/mol. The smallest absolute Gasteiger partial charge is 0.159 e. The fraction of sp³-hybridized carbons (Fsp3) is 0.588. The molecule has 0 bridgehead atoms. The number of carbonyl (C=O) groups is 1. The number of likely N-dealkylation sites (tertiary alicyclic amines) is 1. The molecule has 0 aliphatic carbocycles. The van der Waals surface area contributed by atoms with Gasteiger partial charge in [-0.05, 0) is 57.4 Å². The van der Waals surface area contributed by atoms with Crippen LogP contribution in [-0.4, -0.2) is 42.7 Å². The van der Waals surface area contributed by atoms with E-state index < -0.39 is 6.10 Å². The summed E-state index contributed by atoms with van der Waals surface area (Å²) in [6.07, 6.45) is 3.35. The van der Waals surface area contributed by atoms with Crippen LogP contribution in [0.5, 0.6) is 5.75 Å². The fourth-order valence-electron chi connectivity index (χ4n) is 2.90. The summed E-state index contributed by atoms with van der Waals surface area (Å²) in [5.74, 6) is 0.741. The third kappa shape index (κ3) is 4.83. The SMILES string of the molecule is CC(=O)c1ccc(OC[C@@H](O)C[NH+]2CCCC[C@@H]2C)cc1. The van der Waals surface area contributed by atoms with Gasteiger partial charge in [0.05, 0.1) is 12.6 Å². The molecule has 1 aromatic carbocycles. The molecule has 0 radical (unpaired) electrons. The zero-order chi connectivity index (χ0) is 15.2. The molecule has 4 nitrogen and oxygen atoms in total. The standard InChI is InChI=1S/C17H25NO3/c1-13-5-3-4-10-18(13)11-16(20)12-21-17-8-6-15(7-9-17)14(2)19/h6-9,13,16,20H,3-5,10-12H2,1-2H3/p+1/t13-,16-/m0/s1. The number of hydrogen-bond donors (Lipinski definition) is 2. The zero-order valence-corrected chi connectivity index (χ0v) is 13.0. The molecule has 1 fully saturated rings.